The molecule has 1 aliphatic heterocycles. The van der Waals surface area contributed by atoms with Gasteiger partial charge in [-0.1, -0.05) is 25.0 Å². The van der Waals surface area contributed by atoms with E-state index in [1.54, 1.807) is 7.05 Å². The second-order valence-corrected chi connectivity index (χ2v) is 7.87. The van der Waals surface area contributed by atoms with Crippen LogP contribution in [-0.4, -0.2) is 55.4 Å². The summed E-state index contributed by atoms with van der Waals surface area (Å²) in [5.41, 5.74) is 1.68. The van der Waals surface area contributed by atoms with Crippen molar-refractivity contribution < 1.29 is 9.59 Å². The van der Waals surface area contributed by atoms with E-state index in [9.17, 15) is 9.59 Å². The Labute approximate surface area is 173 Å². The Morgan fingerprint density at radius 1 is 1.14 bits per heavy atom. The Morgan fingerprint density at radius 2 is 1.86 bits per heavy atom. The molecule has 2 fully saturated rings. The van der Waals surface area contributed by atoms with Gasteiger partial charge in [-0.2, -0.15) is 0 Å². The highest BCUT2D eigenvalue weighted by atomic mass is 16.2. The Balaban J connectivity index is 1.54. The normalized spacial score (nSPS) is 20.0. The minimum atomic E-state index is -0.0898. The van der Waals surface area contributed by atoms with E-state index in [-0.39, 0.29) is 17.9 Å². The average Bonchev–Trinajstić information content (AvgIpc) is 3.44. The molecule has 0 bridgehead atoms. The van der Waals surface area contributed by atoms with Crippen LogP contribution in [-0.2, 0) is 11.3 Å². The smallest absolute Gasteiger partial charge is 0.251 e. The first-order valence-corrected chi connectivity index (χ1v) is 10.8. The molecular formula is C22H33N5O2. The van der Waals surface area contributed by atoms with Gasteiger partial charge in [-0.3, -0.25) is 9.59 Å². The molecule has 1 saturated carbocycles. The van der Waals surface area contributed by atoms with Gasteiger partial charge in [-0.25, -0.2) is 4.99 Å². The van der Waals surface area contributed by atoms with Crippen LogP contribution in [0.2, 0.25) is 0 Å². The van der Waals surface area contributed by atoms with Gasteiger partial charge in [0, 0.05) is 44.2 Å². The molecular weight excluding hydrogens is 366 g/mol. The van der Waals surface area contributed by atoms with Gasteiger partial charge in [0.15, 0.2) is 5.96 Å². The summed E-state index contributed by atoms with van der Waals surface area (Å²) >= 11 is 0. The number of benzene rings is 1. The lowest BCUT2D eigenvalue weighted by Gasteiger charge is -2.21. The van der Waals surface area contributed by atoms with Crippen molar-refractivity contribution in [1.29, 1.82) is 0 Å². The quantitative estimate of drug-likeness (QED) is 0.504. The van der Waals surface area contributed by atoms with Crippen LogP contribution in [0.3, 0.4) is 0 Å². The van der Waals surface area contributed by atoms with Crippen molar-refractivity contribution in [2.75, 3.05) is 26.7 Å². The average molecular weight is 400 g/mol. The summed E-state index contributed by atoms with van der Waals surface area (Å²) in [4.78, 5) is 31.0. The second-order valence-electron chi connectivity index (χ2n) is 7.87. The van der Waals surface area contributed by atoms with E-state index in [1.165, 1.54) is 12.8 Å². The maximum atomic E-state index is 12.6. The highest BCUT2D eigenvalue weighted by molar-refractivity contribution is 5.93. The lowest BCUT2D eigenvalue weighted by atomic mass is 10.1. The van der Waals surface area contributed by atoms with E-state index in [0.717, 1.165) is 50.4 Å². The molecule has 1 aromatic carbocycles. The zero-order valence-corrected chi connectivity index (χ0v) is 17.5. The third-order valence-corrected chi connectivity index (χ3v) is 5.75. The Hall–Kier alpha value is -2.57. The minimum Gasteiger partial charge on any atom is -0.357 e. The highest BCUT2D eigenvalue weighted by Crippen LogP contribution is 2.27. The lowest BCUT2D eigenvalue weighted by molar-refractivity contribution is -0.134. The first-order chi connectivity index (χ1) is 14.1. The first kappa shape index (κ1) is 21.1. The number of nitrogens with one attached hydrogen (secondary N) is 3. The van der Waals surface area contributed by atoms with Gasteiger partial charge in [-0.05, 0) is 43.9 Å². The Morgan fingerprint density at radius 3 is 2.52 bits per heavy atom. The molecule has 0 aromatic heterocycles. The molecule has 2 aliphatic rings. The number of guanidine groups is 1. The van der Waals surface area contributed by atoms with Gasteiger partial charge in [-0.15, -0.1) is 0 Å². The third-order valence-electron chi connectivity index (χ3n) is 5.75. The maximum absolute atomic E-state index is 12.6. The van der Waals surface area contributed by atoms with Crippen molar-refractivity contribution in [2.24, 2.45) is 10.9 Å². The predicted octanol–water partition coefficient (Wildman–Crippen LogP) is 1.89. The fourth-order valence-electron chi connectivity index (χ4n) is 4.10. The molecule has 1 saturated heterocycles. The zero-order chi connectivity index (χ0) is 20.6. The summed E-state index contributed by atoms with van der Waals surface area (Å²) in [7, 11) is 1.63. The van der Waals surface area contributed by atoms with E-state index >= 15 is 0 Å². The predicted molar refractivity (Wildman–Crippen MR) is 115 cm³/mol. The van der Waals surface area contributed by atoms with Crippen LogP contribution < -0.4 is 16.0 Å². The van der Waals surface area contributed by atoms with Crippen LogP contribution in [0.1, 0.15) is 54.9 Å². The molecule has 158 valence electrons. The van der Waals surface area contributed by atoms with Crippen molar-refractivity contribution in [2.45, 2.75) is 51.6 Å². The fraction of sp³-hybridized carbons (Fsp3) is 0.591. The number of amides is 2. The van der Waals surface area contributed by atoms with Gasteiger partial charge < -0.3 is 20.9 Å². The van der Waals surface area contributed by atoms with Gasteiger partial charge in [0.2, 0.25) is 5.91 Å². The van der Waals surface area contributed by atoms with E-state index in [2.05, 4.69) is 20.9 Å². The van der Waals surface area contributed by atoms with Crippen LogP contribution in [0.15, 0.2) is 29.3 Å². The number of hydrogen-bond acceptors (Lipinski definition) is 3. The monoisotopic (exact) mass is 399 g/mol. The summed E-state index contributed by atoms with van der Waals surface area (Å²) in [6.45, 7) is 4.92. The van der Waals surface area contributed by atoms with Gasteiger partial charge in [0.05, 0.1) is 6.54 Å². The summed E-state index contributed by atoms with van der Waals surface area (Å²) in [5, 5.41) is 9.39. The molecule has 0 spiro atoms. The number of rotatable bonds is 6. The van der Waals surface area contributed by atoms with Gasteiger partial charge >= 0.3 is 0 Å². The first-order valence-electron chi connectivity index (χ1n) is 10.8. The number of likely N-dealkylation sites (tertiary alicyclic amines) is 1. The number of hydrogen-bond donors (Lipinski definition) is 3. The lowest BCUT2D eigenvalue weighted by Crippen LogP contribution is -2.45. The topological polar surface area (TPSA) is 85.8 Å². The molecule has 1 heterocycles. The van der Waals surface area contributed by atoms with Crippen molar-refractivity contribution in [3.8, 4) is 0 Å². The minimum absolute atomic E-state index is 0.0898. The third kappa shape index (κ3) is 5.71. The standard InChI is InChI=1S/C22H33N5O2/c1-3-24-22(25-14-16-8-10-17(11-9-16)20(28)23-2)26-19-12-13-27(15-19)21(29)18-6-4-5-7-18/h8-11,18-19H,3-7,12-15H2,1-2H3,(H,23,28)(H2,24,25,26). The molecule has 29 heavy (non-hydrogen) atoms. The fourth-order valence-corrected chi connectivity index (χ4v) is 4.10. The van der Waals surface area contributed by atoms with Crippen LogP contribution in [0.4, 0.5) is 0 Å². The molecule has 2 amide bonds. The largest absolute Gasteiger partial charge is 0.357 e. The Kier molecular flexibility index (Phi) is 7.49. The van der Waals surface area contributed by atoms with Crippen molar-refractivity contribution in [3.05, 3.63) is 35.4 Å². The van der Waals surface area contributed by atoms with Crippen molar-refractivity contribution in [1.82, 2.24) is 20.9 Å². The Bertz CT molecular complexity index is 725. The maximum Gasteiger partial charge on any atom is 0.251 e. The van der Waals surface area contributed by atoms with Crippen LogP contribution in [0.25, 0.3) is 0 Å². The van der Waals surface area contributed by atoms with Crippen molar-refractivity contribution in [3.63, 3.8) is 0 Å². The highest BCUT2D eigenvalue weighted by Gasteiger charge is 2.32. The molecule has 7 heteroatoms. The summed E-state index contributed by atoms with van der Waals surface area (Å²) in [5.74, 6) is 1.26. The number of carbonyl (C=O) groups is 2. The number of nitrogens with zero attached hydrogens (tertiary/aromatic N) is 2. The number of carbonyl (C=O) groups excluding carboxylic acids is 2. The zero-order valence-electron chi connectivity index (χ0n) is 17.5. The summed E-state index contributed by atoms with van der Waals surface area (Å²) in [6.07, 6.45) is 5.43. The SMILES string of the molecule is CCNC(=NCc1ccc(C(=O)NC)cc1)NC1CCN(C(=O)C2CCCC2)C1. The molecule has 7 nitrogen and oxygen atoms in total. The van der Waals surface area contributed by atoms with Gasteiger partial charge in [0.1, 0.15) is 0 Å². The molecule has 1 atom stereocenters. The number of aliphatic imine (C=N–C) groups is 1. The second kappa shape index (κ2) is 10.3. The van der Waals surface area contributed by atoms with E-state index in [1.807, 2.05) is 36.1 Å². The summed E-state index contributed by atoms with van der Waals surface area (Å²) in [6, 6.07) is 7.71. The molecule has 1 unspecified atom stereocenters. The molecule has 3 N–H and O–H groups in total. The van der Waals surface area contributed by atoms with E-state index < -0.39 is 0 Å². The molecule has 1 aromatic rings. The van der Waals surface area contributed by atoms with Gasteiger partial charge in [0.25, 0.3) is 5.91 Å². The molecule has 1 aliphatic carbocycles. The molecule has 3 rings (SSSR count). The van der Waals surface area contributed by atoms with Crippen molar-refractivity contribution >= 4 is 17.8 Å². The molecule has 0 radical (unpaired) electrons. The summed E-state index contributed by atoms with van der Waals surface area (Å²) < 4.78 is 0. The van der Waals surface area contributed by atoms with E-state index in [4.69, 9.17) is 0 Å². The van der Waals surface area contributed by atoms with Crippen LogP contribution in [0, 0.1) is 5.92 Å². The van der Waals surface area contributed by atoms with E-state index in [0.29, 0.717) is 18.0 Å². The van der Waals surface area contributed by atoms with Crippen LogP contribution in [0.5, 0.6) is 0 Å². The van der Waals surface area contributed by atoms with Crippen LogP contribution >= 0.6 is 0 Å².